The van der Waals surface area contributed by atoms with Crippen molar-refractivity contribution in [3.63, 3.8) is 0 Å². The molecule has 0 radical (unpaired) electrons. The van der Waals surface area contributed by atoms with Gasteiger partial charge in [0.1, 0.15) is 17.3 Å². The molecule has 35 heavy (non-hydrogen) atoms. The van der Waals surface area contributed by atoms with E-state index in [0.29, 0.717) is 22.6 Å². The van der Waals surface area contributed by atoms with Gasteiger partial charge in [-0.2, -0.15) is 0 Å². The first-order chi connectivity index (χ1) is 17.0. The van der Waals surface area contributed by atoms with E-state index < -0.39 is 11.7 Å². The third-order valence-electron chi connectivity index (χ3n) is 4.59. The van der Waals surface area contributed by atoms with Gasteiger partial charge in [0, 0.05) is 17.3 Å². The largest absolute Gasteiger partial charge is 0.343 e. The second-order valence-electron chi connectivity index (χ2n) is 6.65. The first kappa shape index (κ1) is 27.4. The number of halogens is 2. The molecule has 0 aliphatic heterocycles. The summed E-state index contributed by atoms with van der Waals surface area (Å²) < 4.78 is 14.1. The number of ketones is 1. The minimum Gasteiger partial charge on any atom is -0.343 e. The Kier molecular flexibility index (Phi) is 10.8. The van der Waals surface area contributed by atoms with Gasteiger partial charge in [-0.3, -0.25) is 14.6 Å². The van der Waals surface area contributed by atoms with Crippen molar-refractivity contribution < 1.29 is 14.0 Å². The normalized spacial score (nSPS) is 9.77. The van der Waals surface area contributed by atoms with Crippen LogP contribution >= 0.6 is 11.6 Å². The zero-order valence-corrected chi connectivity index (χ0v) is 20.9. The molecule has 0 spiro atoms. The number of imidazole rings is 1. The summed E-state index contributed by atoms with van der Waals surface area (Å²) in [6.07, 6.45) is 3.03. The lowest BCUT2D eigenvalue weighted by molar-refractivity contribution is 0.0901. The SMILES string of the molecule is CC.CC.O=C(CNC(=O)c1ccc(-c2cnc(-c3c(F)cccc3Cl)[nH]2)cn1)c1ccccc1. The number of nitrogens with one attached hydrogen (secondary N) is 2. The summed E-state index contributed by atoms with van der Waals surface area (Å²) in [6, 6.07) is 16.3. The predicted octanol–water partition coefficient (Wildman–Crippen LogP) is 6.60. The summed E-state index contributed by atoms with van der Waals surface area (Å²) >= 11 is 6.09. The smallest absolute Gasteiger partial charge is 0.270 e. The summed E-state index contributed by atoms with van der Waals surface area (Å²) in [6.45, 7) is 7.87. The molecule has 0 saturated carbocycles. The summed E-state index contributed by atoms with van der Waals surface area (Å²) in [7, 11) is 0. The topological polar surface area (TPSA) is 87.7 Å². The minimum absolute atomic E-state index is 0.125. The molecule has 0 atom stereocenters. The van der Waals surface area contributed by atoms with Gasteiger partial charge in [0.05, 0.1) is 29.0 Å². The lowest BCUT2D eigenvalue weighted by Crippen LogP contribution is -2.30. The van der Waals surface area contributed by atoms with Gasteiger partial charge in [0.2, 0.25) is 0 Å². The van der Waals surface area contributed by atoms with E-state index in [-0.39, 0.29) is 28.6 Å². The Labute approximate surface area is 209 Å². The van der Waals surface area contributed by atoms with Crippen molar-refractivity contribution in [2.75, 3.05) is 6.54 Å². The molecular weight excluding hydrogens is 467 g/mol. The van der Waals surface area contributed by atoms with Gasteiger partial charge < -0.3 is 10.3 Å². The Balaban J connectivity index is 0.00000103. The number of benzene rings is 2. The zero-order valence-electron chi connectivity index (χ0n) is 20.1. The van der Waals surface area contributed by atoms with Crippen LogP contribution in [0.15, 0.2) is 73.1 Å². The maximum atomic E-state index is 14.1. The summed E-state index contributed by atoms with van der Waals surface area (Å²) in [5, 5.41) is 2.81. The molecule has 4 aromatic rings. The molecule has 0 aliphatic rings. The highest BCUT2D eigenvalue weighted by atomic mass is 35.5. The van der Waals surface area contributed by atoms with Crippen molar-refractivity contribution in [2.24, 2.45) is 0 Å². The Hall–Kier alpha value is -3.84. The molecular formula is C27H28ClFN4O2. The number of pyridine rings is 1. The van der Waals surface area contributed by atoms with Crippen molar-refractivity contribution >= 4 is 23.3 Å². The molecule has 2 heterocycles. The number of rotatable bonds is 6. The third-order valence-corrected chi connectivity index (χ3v) is 4.90. The summed E-state index contributed by atoms with van der Waals surface area (Å²) in [5.74, 6) is -0.843. The van der Waals surface area contributed by atoms with Crippen LogP contribution in [0.25, 0.3) is 22.6 Å². The fourth-order valence-electron chi connectivity index (χ4n) is 2.98. The van der Waals surface area contributed by atoms with Crippen molar-refractivity contribution in [1.82, 2.24) is 20.3 Å². The van der Waals surface area contributed by atoms with Crippen LogP contribution in [0.3, 0.4) is 0 Å². The fourth-order valence-corrected chi connectivity index (χ4v) is 3.24. The van der Waals surface area contributed by atoms with E-state index in [1.54, 1.807) is 36.4 Å². The number of aromatic amines is 1. The molecule has 4 rings (SSSR count). The molecule has 0 aliphatic carbocycles. The number of carbonyl (C=O) groups is 2. The highest BCUT2D eigenvalue weighted by Gasteiger charge is 2.15. The van der Waals surface area contributed by atoms with Gasteiger partial charge in [0.25, 0.3) is 5.91 Å². The monoisotopic (exact) mass is 494 g/mol. The van der Waals surface area contributed by atoms with Crippen LogP contribution in [-0.2, 0) is 0 Å². The van der Waals surface area contributed by atoms with E-state index in [4.69, 9.17) is 11.6 Å². The fraction of sp³-hybridized carbons (Fsp3) is 0.185. The average Bonchev–Trinajstić information content (AvgIpc) is 3.39. The predicted molar refractivity (Wildman–Crippen MR) is 138 cm³/mol. The van der Waals surface area contributed by atoms with Gasteiger partial charge >= 0.3 is 0 Å². The molecule has 0 bridgehead atoms. The van der Waals surface area contributed by atoms with Gasteiger partial charge in [0.15, 0.2) is 5.78 Å². The van der Waals surface area contributed by atoms with E-state index >= 15 is 0 Å². The van der Waals surface area contributed by atoms with E-state index in [1.165, 1.54) is 30.6 Å². The number of aromatic nitrogens is 3. The van der Waals surface area contributed by atoms with Crippen molar-refractivity contribution in [1.29, 1.82) is 0 Å². The molecule has 1 amide bonds. The van der Waals surface area contributed by atoms with Crippen molar-refractivity contribution in [3.8, 4) is 22.6 Å². The summed E-state index contributed by atoms with van der Waals surface area (Å²) in [4.78, 5) is 35.8. The number of hydrogen-bond donors (Lipinski definition) is 2. The molecule has 6 nitrogen and oxygen atoms in total. The Morgan fingerprint density at radius 3 is 2.26 bits per heavy atom. The first-order valence-electron chi connectivity index (χ1n) is 11.3. The highest BCUT2D eigenvalue weighted by Crippen LogP contribution is 2.30. The van der Waals surface area contributed by atoms with E-state index in [9.17, 15) is 14.0 Å². The van der Waals surface area contributed by atoms with Crippen molar-refractivity contribution in [2.45, 2.75) is 27.7 Å². The van der Waals surface area contributed by atoms with Gasteiger partial charge in [-0.05, 0) is 24.3 Å². The van der Waals surface area contributed by atoms with Crippen LogP contribution in [0.4, 0.5) is 4.39 Å². The molecule has 2 aromatic carbocycles. The minimum atomic E-state index is -0.483. The Morgan fingerprint density at radius 1 is 0.914 bits per heavy atom. The lowest BCUT2D eigenvalue weighted by atomic mass is 10.1. The number of amides is 1. The molecule has 0 saturated heterocycles. The quantitative estimate of drug-likeness (QED) is 0.296. The highest BCUT2D eigenvalue weighted by molar-refractivity contribution is 6.33. The van der Waals surface area contributed by atoms with Crippen LogP contribution in [-0.4, -0.2) is 33.2 Å². The summed E-state index contributed by atoms with van der Waals surface area (Å²) in [5.41, 5.74) is 2.12. The Bertz CT molecular complexity index is 1220. The standard InChI is InChI=1S/C23H16ClFN4O2.2C2H6/c24-16-7-4-8-17(25)21(16)22-27-12-19(29-22)15-9-10-18(26-11-15)23(31)28-13-20(30)14-5-2-1-3-6-14;2*1-2/h1-12H,13H2,(H,27,29)(H,28,31);2*1-2H3. The molecule has 2 aromatic heterocycles. The van der Waals surface area contributed by atoms with Crippen LogP contribution < -0.4 is 5.32 Å². The first-order valence-corrected chi connectivity index (χ1v) is 11.7. The molecule has 2 N–H and O–H groups in total. The molecule has 8 heteroatoms. The van der Waals surface area contributed by atoms with E-state index in [2.05, 4.69) is 20.3 Å². The molecule has 0 unspecified atom stereocenters. The molecule has 0 fully saturated rings. The number of H-pyrrole nitrogens is 1. The zero-order chi connectivity index (χ0) is 25.8. The second-order valence-corrected chi connectivity index (χ2v) is 7.05. The number of Topliss-reactive ketones (excluding diaryl/α,β-unsaturated/α-hetero) is 1. The number of carbonyl (C=O) groups excluding carboxylic acids is 2. The second kappa shape index (κ2) is 13.8. The maximum Gasteiger partial charge on any atom is 0.270 e. The van der Waals surface area contributed by atoms with E-state index in [1.807, 2.05) is 33.8 Å². The van der Waals surface area contributed by atoms with Crippen LogP contribution in [0.1, 0.15) is 48.5 Å². The lowest BCUT2D eigenvalue weighted by Gasteiger charge is -2.05. The van der Waals surface area contributed by atoms with Gasteiger partial charge in [-0.15, -0.1) is 0 Å². The number of nitrogens with zero attached hydrogens (tertiary/aromatic N) is 2. The van der Waals surface area contributed by atoms with E-state index in [0.717, 1.165) is 0 Å². The Morgan fingerprint density at radius 2 is 1.63 bits per heavy atom. The van der Waals surface area contributed by atoms with Crippen LogP contribution in [0, 0.1) is 5.82 Å². The van der Waals surface area contributed by atoms with Gasteiger partial charge in [-0.25, -0.2) is 9.37 Å². The number of hydrogen-bond acceptors (Lipinski definition) is 4. The van der Waals surface area contributed by atoms with Gasteiger partial charge in [-0.1, -0.05) is 75.7 Å². The average molecular weight is 495 g/mol. The van der Waals surface area contributed by atoms with Crippen molar-refractivity contribution in [3.05, 3.63) is 95.2 Å². The third kappa shape index (κ3) is 7.07. The van der Waals surface area contributed by atoms with Crippen LogP contribution in [0.2, 0.25) is 5.02 Å². The van der Waals surface area contributed by atoms with Crippen LogP contribution in [0.5, 0.6) is 0 Å². The molecule has 182 valence electrons. The maximum absolute atomic E-state index is 14.1.